The van der Waals surface area contributed by atoms with Gasteiger partial charge in [-0.3, -0.25) is 4.79 Å². The van der Waals surface area contributed by atoms with Crippen molar-refractivity contribution in [2.24, 2.45) is 0 Å². The zero-order valence-electron chi connectivity index (χ0n) is 14.7. The number of hydrogen-bond acceptors (Lipinski definition) is 3. The van der Waals surface area contributed by atoms with E-state index in [-0.39, 0.29) is 11.9 Å². The Kier molecular flexibility index (Phi) is 5.84. The maximum absolute atomic E-state index is 12.9. The van der Waals surface area contributed by atoms with E-state index < -0.39 is 0 Å². The van der Waals surface area contributed by atoms with E-state index in [1.165, 1.54) is 12.8 Å². The van der Waals surface area contributed by atoms with Crippen molar-refractivity contribution >= 4 is 21.8 Å². The standard InChI is InChI=1S/C20H24BrNO3/c1-14(2)22(16-5-3-4-6-16)20(23)19-12-11-18(25-19)13-24-17-9-7-15(21)8-10-17/h7-12,14,16H,3-6,13H2,1-2H3. The first kappa shape index (κ1) is 18.1. The molecule has 0 bridgehead atoms. The fourth-order valence-corrected chi connectivity index (χ4v) is 3.65. The van der Waals surface area contributed by atoms with Crippen molar-refractivity contribution in [3.63, 3.8) is 0 Å². The number of carbonyl (C=O) groups is 1. The quantitative estimate of drug-likeness (QED) is 0.644. The lowest BCUT2D eigenvalue weighted by molar-refractivity contribution is 0.0576. The number of furan rings is 1. The summed E-state index contributed by atoms with van der Waals surface area (Å²) in [6, 6.07) is 11.7. The third-order valence-corrected chi connectivity index (χ3v) is 5.10. The Balaban J connectivity index is 1.65. The number of amides is 1. The molecular weight excluding hydrogens is 382 g/mol. The van der Waals surface area contributed by atoms with Crippen molar-refractivity contribution in [2.75, 3.05) is 0 Å². The molecule has 0 spiro atoms. The van der Waals surface area contributed by atoms with Crippen LogP contribution in [0.2, 0.25) is 0 Å². The zero-order chi connectivity index (χ0) is 17.8. The molecule has 0 radical (unpaired) electrons. The van der Waals surface area contributed by atoms with Gasteiger partial charge in [-0.25, -0.2) is 0 Å². The van der Waals surface area contributed by atoms with Gasteiger partial charge in [0.25, 0.3) is 5.91 Å². The predicted octanol–water partition coefficient (Wildman–Crippen LogP) is 5.41. The second kappa shape index (κ2) is 8.09. The fourth-order valence-electron chi connectivity index (χ4n) is 3.39. The Labute approximate surface area is 157 Å². The molecule has 1 aromatic carbocycles. The number of carbonyl (C=O) groups excluding carboxylic acids is 1. The first-order valence-electron chi connectivity index (χ1n) is 8.84. The molecule has 25 heavy (non-hydrogen) atoms. The maximum Gasteiger partial charge on any atom is 0.290 e. The van der Waals surface area contributed by atoms with Crippen LogP contribution in [0, 0.1) is 0 Å². The smallest absolute Gasteiger partial charge is 0.290 e. The van der Waals surface area contributed by atoms with E-state index >= 15 is 0 Å². The van der Waals surface area contributed by atoms with E-state index in [9.17, 15) is 4.79 Å². The monoisotopic (exact) mass is 405 g/mol. The molecule has 0 unspecified atom stereocenters. The Morgan fingerprint density at radius 1 is 1.20 bits per heavy atom. The zero-order valence-corrected chi connectivity index (χ0v) is 16.3. The average Bonchev–Trinajstić information content (AvgIpc) is 3.26. The highest BCUT2D eigenvalue weighted by molar-refractivity contribution is 9.10. The average molecular weight is 406 g/mol. The molecule has 4 nitrogen and oxygen atoms in total. The van der Waals surface area contributed by atoms with Crippen molar-refractivity contribution in [3.8, 4) is 5.75 Å². The summed E-state index contributed by atoms with van der Waals surface area (Å²) in [6.07, 6.45) is 4.57. The lowest BCUT2D eigenvalue weighted by atomic mass is 10.1. The Morgan fingerprint density at radius 3 is 2.52 bits per heavy atom. The van der Waals surface area contributed by atoms with Crippen molar-refractivity contribution < 1.29 is 13.9 Å². The van der Waals surface area contributed by atoms with Crippen molar-refractivity contribution in [2.45, 2.75) is 58.2 Å². The van der Waals surface area contributed by atoms with Crippen LogP contribution in [0.3, 0.4) is 0 Å². The molecule has 0 saturated heterocycles. The molecule has 1 aliphatic rings. The minimum absolute atomic E-state index is 0.0169. The number of rotatable bonds is 6. The molecule has 2 aromatic rings. The first-order valence-corrected chi connectivity index (χ1v) is 9.63. The number of halogens is 1. The van der Waals surface area contributed by atoms with Crippen LogP contribution in [0.1, 0.15) is 55.8 Å². The normalized spacial score (nSPS) is 14.9. The van der Waals surface area contributed by atoms with Crippen molar-refractivity contribution in [3.05, 3.63) is 52.4 Å². The second-order valence-electron chi connectivity index (χ2n) is 6.75. The molecule has 0 atom stereocenters. The van der Waals surface area contributed by atoms with Gasteiger partial charge in [-0.2, -0.15) is 0 Å². The Bertz CT molecular complexity index is 702. The fraction of sp³-hybridized carbons (Fsp3) is 0.450. The predicted molar refractivity (Wildman–Crippen MR) is 101 cm³/mol. The van der Waals surface area contributed by atoms with Crippen LogP contribution in [0.4, 0.5) is 0 Å². The van der Waals surface area contributed by atoms with E-state index in [1.54, 1.807) is 6.07 Å². The van der Waals surface area contributed by atoms with Gasteiger partial charge in [0, 0.05) is 16.6 Å². The first-order chi connectivity index (χ1) is 12.0. The van der Waals surface area contributed by atoms with Crippen LogP contribution in [0.25, 0.3) is 0 Å². The molecule has 1 aromatic heterocycles. The van der Waals surface area contributed by atoms with E-state index in [1.807, 2.05) is 35.2 Å². The topological polar surface area (TPSA) is 42.7 Å². The lowest BCUT2D eigenvalue weighted by Gasteiger charge is -2.32. The van der Waals surface area contributed by atoms with Gasteiger partial charge >= 0.3 is 0 Å². The highest BCUT2D eigenvalue weighted by Gasteiger charge is 2.30. The molecule has 1 amide bonds. The van der Waals surface area contributed by atoms with Gasteiger partial charge in [-0.05, 0) is 63.1 Å². The number of hydrogen-bond donors (Lipinski definition) is 0. The summed E-state index contributed by atoms with van der Waals surface area (Å²) in [7, 11) is 0. The summed E-state index contributed by atoms with van der Waals surface area (Å²) in [5.74, 6) is 1.80. The summed E-state index contributed by atoms with van der Waals surface area (Å²) in [5, 5.41) is 0. The summed E-state index contributed by atoms with van der Waals surface area (Å²) >= 11 is 3.40. The number of nitrogens with zero attached hydrogens (tertiary/aromatic N) is 1. The molecular formula is C20H24BrNO3. The minimum atomic E-state index is -0.0169. The van der Waals surface area contributed by atoms with E-state index in [0.29, 0.717) is 24.2 Å². The summed E-state index contributed by atoms with van der Waals surface area (Å²) in [6.45, 7) is 4.44. The van der Waals surface area contributed by atoms with Gasteiger partial charge < -0.3 is 14.1 Å². The van der Waals surface area contributed by atoms with Crippen LogP contribution >= 0.6 is 15.9 Å². The molecule has 1 fully saturated rings. The van der Waals surface area contributed by atoms with Crippen LogP contribution in [0.5, 0.6) is 5.75 Å². The van der Waals surface area contributed by atoms with Gasteiger partial charge in [-0.15, -0.1) is 0 Å². The van der Waals surface area contributed by atoms with Crippen LogP contribution < -0.4 is 4.74 Å². The molecule has 1 saturated carbocycles. The SMILES string of the molecule is CC(C)N(C(=O)c1ccc(COc2ccc(Br)cc2)o1)C1CCCC1. The van der Waals surface area contributed by atoms with E-state index in [2.05, 4.69) is 29.8 Å². The molecule has 0 N–H and O–H groups in total. The van der Waals surface area contributed by atoms with Crippen LogP contribution in [-0.2, 0) is 6.61 Å². The number of benzene rings is 1. The Hall–Kier alpha value is -1.75. The molecule has 1 heterocycles. The van der Waals surface area contributed by atoms with Gasteiger partial charge in [0.05, 0.1) is 0 Å². The maximum atomic E-state index is 12.9. The van der Waals surface area contributed by atoms with E-state index in [4.69, 9.17) is 9.15 Å². The van der Waals surface area contributed by atoms with E-state index in [0.717, 1.165) is 23.1 Å². The van der Waals surface area contributed by atoms with Crippen molar-refractivity contribution in [1.82, 2.24) is 4.90 Å². The van der Waals surface area contributed by atoms with Gasteiger partial charge in [0.1, 0.15) is 18.1 Å². The second-order valence-corrected chi connectivity index (χ2v) is 7.67. The van der Waals surface area contributed by atoms with Gasteiger partial charge in [0.15, 0.2) is 5.76 Å². The molecule has 0 aliphatic heterocycles. The number of ether oxygens (including phenoxy) is 1. The van der Waals surface area contributed by atoms with Gasteiger partial charge in [-0.1, -0.05) is 28.8 Å². The minimum Gasteiger partial charge on any atom is -0.486 e. The summed E-state index contributed by atoms with van der Waals surface area (Å²) in [4.78, 5) is 14.9. The van der Waals surface area contributed by atoms with Gasteiger partial charge in [0.2, 0.25) is 0 Å². The largest absolute Gasteiger partial charge is 0.486 e. The summed E-state index contributed by atoms with van der Waals surface area (Å²) in [5.41, 5.74) is 0. The molecule has 1 aliphatic carbocycles. The van der Waals surface area contributed by atoms with Crippen LogP contribution in [-0.4, -0.2) is 22.9 Å². The molecule has 5 heteroatoms. The molecule has 134 valence electrons. The van der Waals surface area contributed by atoms with Crippen LogP contribution in [0.15, 0.2) is 45.3 Å². The Morgan fingerprint density at radius 2 is 1.88 bits per heavy atom. The highest BCUT2D eigenvalue weighted by atomic mass is 79.9. The van der Waals surface area contributed by atoms with Crippen molar-refractivity contribution in [1.29, 1.82) is 0 Å². The summed E-state index contributed by atoms with van der Waals surface area (Å²) < 4.78 is 12.5. The molecule has 3 rings (SSSR count). The third-order valence-electron chi connectivity index (χ3n) is 4.58. The lowest BCUT2D eigenvalue weighted by Crippen LogP contribution is -2.43. The third kappa shape index (κ3) is 4.46. The highest BCUT2D eigenvalue weighted by Crippen LogP contribution is 2.27.